The topological polar surface area (TPSA) is 26.0 Å². The fourth-order valence-electron chi connectivity index (χ4n) is 1.67. The van der Waals surface area contributed by atoms with Crippen molar-refractivity contribution in [3.05, 3.63) is 34.1 Å². The summed E-state index contributed by atoms with van der Waals surface area (Å²) in [7, 11) is 0. The molecule has 64 valence electrons. The van der Waals surface area contributed by atoms with Crippen LogP contribution in [0.15, 0.2) is 12.1 Å². The Morgan fingerprint density at radius 3 is 3.00 bits per heavy atom. The van der Waals surface area contributed by atoms with Crippen LogP contribution in [-0.4, -0.2) is 0 Å². The van der Waals surface area contributed by atoms with Gasteiger partial charge in [-0.1, -0.05) is 11.6 Å². The highest BCUT2D eigenvalue weighted by atomic mass is 35.5. The molecule has 0 spiro atoms. The molecule has 1 aromatic rings. The lowest BCUT2D eigenvalue weighted by atomic mass is 10.1. The van der Waals surface area contributed by atoms with Gasteiger partial charge >= 0.3 is 0 Å². The second kappa shape index (κ2) is 2.71. The van der Waals surface area contributed by atoms with Gasteiger partial charge < -0.3 is 5.73 Å². The molecule has 1 nitrogen and oxygen atoms in total. The van der Waals surface area contributed by atoms with Gasteiger partial charge in [-0.15, -0.1) is 0 Å². The standard InChI is InChI=1S/C9H9ClFN/c10-8-4-5(11)3-7-6(8)1-2-9(7)12/h3-4,9H,1-2,12H2/t9-/m0/s1. The first-order valence-electron chi connectivity index (χ1n) is 3.92. The molecule has 0 saturated heterocycles. The lowest BCUT2D eigenvalue weighted by Crippen LogP contribution is -2.05. The van der Waals surface area contributed by atoms with Crippen molar-refractivity contribution in [1.29, 1.82) is 0 Å². The third-order valence-electron chi connectivity index (χ3n) is 2.30. The van der Waals surface area contributed by atoms with Crippen LogP contribution in [0.3, 0.4) is 0 Å². The van der Waals surface area contributed by atoms with E-state index in [1.165, 1.54) is 12.1 Å². The Hall–Kier alpha value is -0.600. The van der Waals surface area contributed by atoms with Crippen LogP contribution in [0.5, 0.6) is 0 Å². The highest BCUT2D eigenvalue weighted by Gasteiger charge is 2.21. The van der Waals surface area contributed by atoms with Crippen molar-refractivity contribution >= 4 is 11.6 Å². The van der Waals surface area contributed by atoms with Crippen LogP contribution in [0.2, 0.25) is 5.02 Å². The molecular weight excluding hydrogens is 177 g/mol. The van der Waals surface area contributed by atoms with Crippen LogP contribution >= 0.6 is 11.6 Å². The maximum atomic E-state index is 12.9. The van der Waals surface area contributed by atoms with E-state index in [9.17, 15) is 4.39 Å². The van der Waals surface area contributed by atoms with Gasteiger partial charge in [0.1, 0.15) is 5.82 Å². The molecule has 0 radical (unpaired) electrons. The van der Waals surface area contributed by atoms with Gasteiger partial charge in [-0.05, 0) is 36.1 Å². The van der Waals surface area contributed by atoms with Crippen molar-refractivity contribution in [2.45, 2.75) is 18.9 Å². The van der Waals surface area contributed by atoms with Gasteiger partial charge in [-0.3, -0.25) is 0 Å². The SMILES string of the molecule is N[C@H]1CCc2c(Cl)cc(F)cc21. The van der Waals surface area contributed by atoms with E-state index in [2.05, 4.69) is 0 Å². The largest absolute Gasteiger partial charge is 0.324 e. The predicted octanol–water partition coefficient (Wildman–Crippen LogP) is 2.43. The van der Waals surface area contributed by atoms with E-state index >= 15 is 0 Å². The molecule has 2 N–H and O–H groups in total. The summed E-state index contributed by atoms with van der Waals surface area (Å²) in [5.41, 5.74) is 7.65. The summed E-state index contributed by atoms with van der Waals surface area (Å²) < 4.78 is 12.9. The van der Waals surface area contributed by atoms with Crippen LogP contribution in [-0.2, 0) is 6.42 Å². The minimum absolute atomic E-state index is 0.0341. The summed E-state index contributed by atoms with van der Waals surface area (Å²) in [6.45, 7) is 0. The van der Waals surface area contributed by atoms with E-state index in [1.54, 1.807) is 0 Å². The normalized spacial score (nSPS) is 21.1. The quantitative estimate of drug-likeness (QED) is 0.660. The minimum Gasteiger partial charge on any atom is -0.324 e. The van der Waals surface area contributed by atoms with Gasteiger partial charge in [-0.2, -0.15) is 0 Å². The molecule has 0 fully saturated rings. The molecule has 3 heteroatoms. The second-order valence-electron chi connectivity index (χ2n) is 3.10. The van der Waals surface area contributed by atoms with E-state index in [-0.39, 0.29) is 11.9 Å². The Labute approximate surface area is 75.3 Å². The highest BCUT2D eigenvalue weighted by Crippen LogP contribution is 2.34. The summed E-state index contributed by atoms with van der Waals surface area (Å²) >= 11 is 5.84. The smallest absolute Gasteiger partial charge is 0.125 e. The van der Waals surface area contributed by atoms with E-state index in [4.69, 9.17) is 17.3 Å². The summed E-state index contributed by atoms with van der Waals surface area (Å²) in [5.74, 6) is -0.295. The second-order valence-corrected chi connectivity index (χ2v) is 3.51. The zero-order valence-electron chi connectivity index (χ0n) is 6.48. The molecule has 0 amide bonds. The van der Waals surface area contributed by atoms with Crippen molar-refractivity contribution in [2.24, 2.45) is 5.73 Å². The summed E-state index contributed by atoms with van der Waals surface area (Å²) in [4.78, 5) is 0. The number of nitrogens with two attached hydrogens (primary N) is 1. The maximum absolute atomic E-state index is 12.9. The number of benzene rings is 1. The van der Waals surface area contributed by atoms with E-state index in [0.717, 1.165) is 24.0 Å². The summed E-state index contributed by atoms with van der Waals surface area (Å²) in [6, 6.07) is 2.80. The van der Waals surface area contributed by atoms with E-state index < -0.39 is 0 Å². The minimum atomic E-state index is -0.295. The Morgan fingerprint density at radius 1 is 1.50 bits per heavy atom. The highest BCUT2D eigenvalue weighted by molar-refractivity contribution is 6.31. The molecule has 2 rings (SSSR count). The average molecular weight is 186 g/mol. The van der Waals surface area contributed by atoms with Crippen molar-refractivity contribution in [2.75, 3.05) is 0 Å². The first-order valence-corrected chi connectivity index (χ1v) is 4.29. The monoisotopic (exact) mass is 185 g/mol. The van der Waals surface area contributed by atoms with E-state index in [1.807, 2.05) is 0 Å². The van der Waals surface area contributed by atoms with Crippen molar-refractivity contribution in [3.8, 4) is 0 Å². The van der Waals surface area contributed by atoms with Gasteiger partial charge in [0.05, 0.1) is 0 Å². The number of rotatable bonds is 0. The number of hydrogen-bond acceptors (Lipinski definition) is 1. The average Bonchev–Trinajstić information content (AvgIpc) is 2.33. The molecule has 0 aromatic heterocycles. The predicted molar refractivity (Wildman–Crippen MR) is 46.7 cm³/mol. The molecule has 12 heavy (non-hydrogen) atoms. The number of fused-ring (bicyclic) bond motifs is 1. The van der Waals surface area contributed by atoms with Crippen LogP contribution < -0.4 is 5.73 Å². The number of hydrogen-bond donors (Lipinski definition) is 1. The molecule has 0 saturated carbocycles. The molecule has 0 bridgehead atoms. The maximum Gasteiger partial charge on any atom is 0.125 e. The number of halogens is 2. The van der Waals surface area contributed by atoms with Crippen molar-refractivity contribution in [3.63, 3.8) is 0 Å². The fourth-order valence-corrected chi connectivity index (χ4v) is 1.98. The van der Waals surface area contributed by atoms with Crippen LogP contribution in [0.4, 0.5) is 4.39 Å². The van der Waals surface area contributed by atoms with Crippen LogP contribution in [0, 0.1) is 5.82 Å². The van der Waals surface area contributed by atoms with Gasteiger partial charge in [0.2, 0.25) is 0 Å². The Kier molecular flexibility index (Phi) is 1.81. The lowest BCUT2D eigenvalue weighted by Gasteiger charge is -2.05. The Morgan fingerprint density at radius 2 is 2.25 bits per heavy atom. The molecule has 1 atom stereocenters. The Bertz CT molecular complexity index is 325. The lowest BCUT2D eigenvalue weighted by molar-refractivity contribution is 0.622. The van der Waals surface area contributed by atoms with Crippen molar-refractivity contribution in [1.82, 2.24) is 0 Å². The first kappa shape index (κ1) is 8.02. The molecular formula is C9H9ClFN. The van der Waals surface area contributed by atoms with Gasteiger partial charge in [-0.25, -0.2) is 4.39 Å². The zero-order valence-corrected chi connectivity index (χ0v) is 7.24. The third-order valence-corrected chi connectivity index (χ3v) is 2.64. The van der Waals surface area contributed by atoms with E-state index in [0.29, 0.717) is 5.02 Å². The van der Waals surface area contributed by atoms with Gasteiger partial charge in [0.15, 0.2) is 0 Å². The zero-order chi connectivity index (χ0) is 8.72. The van der Waals surface area contributed by atoms with Crippen LogP contribution in [0.25, 0.3) is 0 Å². The summed E-state index contributed by atoms with van der Waals surface area (Å²) in [6.07, 6.45) is 1.74. The van der Waals surface area contributed by atoms with Crippen molar-refractivity contribution < 1.29 is 4.39 Å². The molecule has 1 aliphatic rings. The molecule has 1 aromatic carbocycles. The Balaban J connectivity index is 2.60. The fraction of sp³-hybridized carbons (Fsp3) is 0.333. The molecule has 0 aliphatic heterocycles. The molecule has 0 heterocycles. The third kappa shape index (κ3) is 1.11. The van der Waals surface area contributed by atoms with Gasteiger partial charge in [0.25, 0.3) is 0 Å². The molecule has 1 aliphatic carbocycles. The van der Waals surface area contributed by atoms with Crippen LogP contribution in [0.1, 0.15) is 23.6 Å². The first-order chi connectivity index (χ1) is 5.68. The van der Waals surface area contributed by atoms with Gasteiger partial charge in [0, 0.05) is 11.1 Å². The molecule has 0 unspecified atom stereocenters. The summed E-state index contributed by atoms with van der Waals surface area (Å²) in [5, 5.41) is 0.512.